The van der Waals surface area contributed by atoms with E-state index >= 15 is 0 Å². The van der Waals surface area contributed by atoms with E-state index in [4.69, 9.17) is 9.47 Å². The molecule has 0 saturated carbocycles. The van der Waals surface area contributed by atoms with Crippen LogP contribution in [0.3, 0.4) is 0 Å². The molecule has 0 radical (unpaired) electrons. The van der Waals surface area contributed by atoms with Crippen LogP contribution >= 0.6 is 0 Å². The molecule has 0 bridgehead atoms. The smallest absolute Gasteiger partial charge is 0.133 e. The number of ether oxygens (including phenoxy) is 2. The van der Waals surface area contributed by atoms with E-state index in [9.17, 15) is 4.79 Å². The first-order chi connectivity index (χ1) is 12.3. The number of carbonyl (C=O) groups excluding carboxylic acids is 1. The van der Waals surface area contributed by atoms with Gasteiger partial charge in [-0.15, -0.1) is 0 Å². The third-order valence-electron chi connectivity index (χ3n) is 4.46. The predicted molar refractivity (Wildman–Crippen MR) is 96.4 cm³/mol. The number of pyridine rings is 1. The third-order valence-corrected chi connectivity index (χ3v) is 4.46. The molecule has 0 aliphatic carbocycles. The molecule has 1 saturated heterocycles. The Morgan fingerprint density at radius 1 is 1.00 bits per heavy atom. The molecule has 2 unspecified atom stereocenters. The quantitative estimate of drug-likeness (QED) is 0.740. The van der Waals surface area contributed by atoms with Crippen LogP contribution in [0.1, 0.15) is 30.4 Å². The van der Waals surface area contributed by atoms with Crippen molar-refractivity contribution >= 4 is 5.78 Å². The SMILES string of the molecule is O=C(CCc1cccnc1)CCC1COCC(Cc2ccccc2)O1. The van der Waals surface area contributed by atoms with E-state index in [1.165, 1.54) is 5.56 Å². The van der Waals surface area contributed by atoms with Crippen LogP contribution in [-0.4, -0.2) is 36.2 Å². The minimum Gasteiger partial charge on any atom is -0.376 e. The molecule has 4 heteroatoms. The first-order valence-corrected chi connectivity index (χ1v) is 8.97. The molecule has 2 heterocycles. The lowest BCUT2D eigenvalue weighted by molar-refractivity contribution is -0.142. The van der Waals surface area contributed by atoms with Gasteiger partial charge in [0.05, 0.1) is 25.4 Å². The van der Waals surface area contributed by atoms with Crippen molar-refractivity contribution in [1.82, 2.24) is 4.98 Å². The highest BCUT2D eigenvalue weighted by molar-refractivity contribution is 5.78. The van der Waals surface area contributed by atoms with E-state index < -0.39 is 0 Å². The maximum Gasteiger partial charge on any atom is 0.133 e. The summed E-state index contributed by atoms with van der Waals surface area (Å²) < 4.78 is 11.8. The van der Waals surface area contributed by atoms with Gasteiger partial charge in [-0.3, -0.25) is 9.78 Å². The number of benzene rings is 1. The monoisotopic (exact) mass is 339 g/mol. The molecule has 1 aliphatic heterocycles. The maximum atomic E-state index is 12.1. The zero-order chi connectivity index (χ0) is 17.3. The van der Waals surface area contributed by atoms with Crippen LogP contribution in [0, 0.1) is 0 Å². The average molecular weight is 339 g/mol. The molecule has 1 aromatic carbocycles. The number of hydrogen-bond acceptors (Lipinski definition) is 4. The van der Waals surface area contributed by atoms with Crippen molar-refractivity contribution < 1.29 is 14.3 Å². The lowest BCUT2D eigenvalue weighted by Crippen LogP contribution is -2.37. The summed E-state index contributed by atoms with van der Waals surface area (Å²) in [5.74, 6) is 0.276. The van der Waals surface area contributed by atoms with Crippen LogP contribution in [-0.2, 0) is 27.1 Å². The van der Waals surface area contributed by atoms with Crippen molar-refractivity contribution in [3.8, 4) is 0 Å². The number of ketones is 1. The molecule has 1 fully saturated rings. The van der Waals surface area contributed by atoms with Gasteiger partial charge in [0.1, 0.15) is 5.78 Å². The molecular formula is C21H25NO3. The predicted octanol–water partition coefficient (Wildman–Crippen LogP) is 3.39. The topological polar surface area (TPSA) is 48.4 Å². The Hall–Kier alpha value is -2.04. The summed E-state index contributed by atoms with van der Waals surface area (Å²) >= 11 is 0. The van der Waals surface area contributed by atoms with E-state index in [0.717, 1.165) is 24.8 Å². The van der Waals surface area contributed by atoms with Crippen LogP contribution in [0.4, 0.5) is 0 Å². The lowest BCUT2D eigenvalue weighted by atomic mass is 10.0. The number of nitrogens with zero attached hydrogens (tertiary/aromatic N) is 1. The van der Waals surface area contributed by atoms with Gasteiger partial charge in [0.25, 0.3) is 0 Å². The zero-order valence-corrected chi connectivity index (χ0v) is 14.5. The lowest BCUT2D eigenvalue weighted by Gasteiger charge is -2.30. The number of aromatic nitrogens is 1. The van der Waals surface area contributed by atoms with Crippen molar-refractivity contribution in [2.75, 3.05) is 13.2 Å². The highest BCUT2D eigenvalue weighted by Crippen LogP contribution is 2.17. The van der Waals surface area contributed by atoms with E-state index in [1.54, 1.807) is 6.20 Å². The normalized spacial score (nSPS) is 20.3. The first kappa shape index (κ1) is 17.8. The Morgan fingerprint density at radius 2 is 1.80 bits per heavy atom. The van der Waals surface area contributed by atoms with Crippen molar-refractivity contribution in [1.29, 1.82) is 0 Å². The van der Waals surface area contributed by atoms with Gasteiger partial charge >= 0.3 is 0 Å². The molecule has 4 nitrogen and oxygen atoms in total. The van der Waals surface area contributed by atoms with Crippen LogP contribution in [0.25, 0.3) is 0 Å². The van der Waals surface area contributed by atoms with E-state index in [2.05, 4.69) is 17.1 Å². The fourth-order valence-electron chi connectivity index (χ4n) is 3.09. The fraction of sp³-hybridized carbons (Fsp3) is 0.429. The van der Waals surface area contributed by atoms with Crippen LogP contribution < -0.4 is 0 Å². The Balaban J connectivity index is 1.38. The van der Waals surface area contributed by atoms with Gasteiger partial charge in [-0.25, -0.2) is 0 Å². The van der Waals surface area contributed by atoms with Gasteiger partial charge in [-0.1, -0.05) is 36.4 Å². The second-order valence-electron chi connectivity index (χ2n) is 6.55. The summed E-state index contributed by atoms with van der Waals surface area (Å²) in [4.78, 5) is 16.2. The maximum absolute atomic E-state index is 12.1. The van der Waals surface area contributed by atoms with Crippen LogP contribution in [0.15, 0.2) is 54.9 Å². The molecule has 25 heavy (non-hydrogen) atoms. The fourth-order valence-corrected chi connectivity index (χ4v) is 3.09. The van der Waals surface area contributed by atoms with Crippen molar-refractivity contribution in [3.05, 3.63) is 66.0 Å². The largest absolute Gasteiger partial charge is 0.376 e. The van der Waals surface area contributed by atoms with Crippen LogP contribution in [0.2, 0.25) is 0 Å². The summed E-state index contributed by atoms with van der Waals surface area (Å²) in [6, 6.07) is 14.2. The molecule has 0 amide bonds. The summed E-state index contributed by atoms with van der Waals surface area (Å²) in [6.45, 7) is 1.21. The molecule has 0 spiro atoms. The number of hydrogen-bond donors (Lipinski definition) is 0. The molecule has 2 atom stereocenters. The second-order valence-corrected chi connectivity index (χ2v) is 6.55. The number of Topliss-reactive ketones (excluding diaryl/α,β-unsaturated/α-hetero) is 1. The summed E-state index contributed by atoms with van der Waals surface area (Å²) in [6.07, 6.45) is 7.11. The molecule has 132 valence electrons. The van der Waals surface area contributed by atoms with E-state index in [0.29, 0.717) is 26.1 Å². The summed E-state index contributed by atoms with van der Waals surface area (Å²) in [5, 5.41) is 0. The van der Waals surface area contributed by atoms with Gasteiger partial charge in [-0.05, 0) is 30.0 Å². The minimum absolute atomic E-state index is 0.0183. The Morgan fingerprint density at radius 3 is 2.60 bits per heavy atom. The Labute approximate surface area is 149 Å². The molecule has 2 aromatic rings. The minimum atomic E-state index is 0.0183. The van der Waals surface area contributed by atoms with Gasteiger partial charge in [0.15, 0.2) is 0 Å². The van der Waals surface area contributed by atoms with E-state index in [-0.39, 0.29) is 18.0 Å². The summed E-state index contributed by atoms with van der Waals surface area (Å²) in [7, 11) is 0. The molecule has 1 aliphatic rings. The van der Waals surface area contributed by atoms with Crippen molar-refractivity contribution in [2.45, 2.75) is 44.3 Å². The zero-order valence-electron chi connectivity index (χ0n) is 14.5. The standard InChI is InChI=1S/C21H25NO3/c23-19(9-8-18-7-4-12-22-14-18)10-11-20-15-24-16-21(25-20)13-17-5-2-1-3-6-17/h1-7,12,14,20-21H,8-11,13,15-16H2. The van der Waals surface area contributed by atoms with Crippen molar-refractivity contribution in [3.63, 3.8) is 0 Å². The second kappa shape index (κ2) is 9.44. The first-order valence-electron chi connectivity index (χ1n) is 8.97. The Bertz CT molecular complexity index is 645. The van der Waals surface area contributed by atoms with Crippen LogP contribution in [0.5, 0.6) is 0 Å². The van der Waals surface area contributed by atoms with Gasteiger partial charge in [-0.2, -0.15) is 0 Å². The third kappa shape index (κ3) is 6.07. The van der Waals surface area contributed by atoms with Gasteiger partial charge in [0.2, 0.25) is 0 Å². The van der Waals surface area contributed by atoms with E-state index in [1.807, 2.05) is 36.5 Å². The molecular weight excluding hydrogens is 314 g/mol. The van der Waals surface area contributed by atoms with Gasteiger partial charge in [0, 0.05) is 31.7 Å². The molecule has 3 rings (SSSR count). The summed E-state index contributed by atoms with van der Waals surface area (Å²) in [5.41, 5.74) is 2.36. The number of rotatable bonds is 8. The van der Waals surface area contributed by atoms with Crippen molar-refractivity contribution in [2.24, 2.45) is 0 Å². The number of aryl methyl sites for hydroxylation is 1. The highest BCUT2D eigenvalue weighted by Gasteiger charge is 2.23. The molecule has 1 aromatic heterocycles. The Kier molecular flexibility index (Phi) is 6.71. The number of carbonyl (C=O) groups is 1. The average Bonchev–Trinajstić information content (AvgIpc) is 2.67. The molecule has 0 N–H and O–H groups in total. The highest BCUT2D eigenvalue weighted by atomic mass is 16.6. The van der Waals surface area contributed by atoms with Gasteiger partial charge < -0.3 is 9.47 Å².